The van der Waals surface area contributed by atoms with E-state index in [4.69, 9.17) is 10.8 Å². The predicted octanol–water partition coefficient (Wildman–Crippen LogP) is 3.05. The van der Waals surface area contributed by atoms with Gasteiger partial charge in [0.15, 0.2) is 0 Å². The van der Waals surface area contributed by atoms with Crippen LogP contribution >= 0.6 is 0 Å². The fourth-order valence-corrected chi connectivity index (χ4v) is 4.99. The lowest BCUT2D eigenvalue weighted by molar-refractivity contribution is -0.750. The van der Waals surface area contributed by atoms with Gasteiger partial charge in [-0.15, -0.1) is 4.59 Å². The van der Waals surface area contributed by atoms with Crippen molar-refractivity contribution >= 4 is 29.7 Å². The maximum Gasteiger partial charge on any atom is 0.264 e. The van der Waals surface area contributed by atoms with Crippen LogP contribution in [-0.2, 0) is 4.79 Å². The number of benzene rings is 1. The number of piperidine rings is 1. The Hall–Kier alpha value is -4.25. The number of amidine groups is 1. The van der Waals surface area contributed by atoms with Gasteiger partial charge in [-0.3, -0.25) is 14.6 Å². The van der Waals surface area contributed by atoms with Crippen LogP contribution in [0.15, 0.2) is 94.6 Å². The molecule has 2 aromatic rings. The van der Waals surface area contributed by atoms with Gasteiger partial charge in [0, 0.05) is 30.9 Å². The van der Waals surface area contributed by atoms with Crippen molar-refractivity contribution in [2.75, 3.05) is 32.5 Å². The molecule has 3 aliphatic rings. The lowest BCUT2D eigenvalue weighted by Crippen LogP contribution is -2.53. The Morgan fingerprint density at radius 3 is 2.74 bits per heavy atom. The largest absolute Gasteiger partial charge is 0.330 e. The fourth-order valence-electron chi connectivity index (χ4n) is 4.99. The Balaban J connectivity index is 1.43. The third-order valence-electron chi connectivity index (χ3n) is 6.97. The zero-order valence-electron chi connectivity index (χ0n) is 22.2. The Morgan fingerprint density at radius 1 is 1.18 bits per heavy atom. The Morgan fingerprint density at radius 2 is 2.00 bits per heavy atom. The molecule has 3 N–H and O–H groups in total. The van der Waals surface area contributed by atoms with E-state index >= 15 is 0 Å². The van der Waals surface area contributed by atoms with Gasteiger partial charge in [-0.25, -0.2) is 4.98 Å². The molecule has 0 bridgehead atoms. The van der Waals surface area contributed by atoms with E-state index in [2.05, 4.69) is 15.3 Å². The summed E-state index contributed by atoms with van der Waals surface area (Å²) in [4.78, 5) is 43.3. The van der Waals surface area contributed by atoms with Gasteiger partial charge in [-0.05, 0) is 69.8 Å². The molecule has 2 atom stereocenters. The third kappa shape index (κ3) is 5.49. The zero-order valence-corrected chi connectivity index (χ0v) is 22.2. The maximum absolute atomic E-state index is 13.2. The number of carbonyl (C=O) groups excluding carboxylic acids is 2. The lowest BCUT2D eigenvalue weighted by Gasteiger charge is -2.35. The van der Waals surface area contributed by atoms with Crippen molar-refractivity contribution in [1.29, 1.82) is 0 Å². The SMILES string of the molecule is CN(C)CC=CC(=O)N1CCCCC1C1=C2C=NC=C[N+]2(N)C(c2ccc(C(=O)Nc3ccccn3)cc2)=N1. The average Bonchev–Trinajstić information content (AvgIpc) is 3.26. The monoisotopic (exact) mass is 525 g/mol. The van der Waals surface area contributed by atoms with Gasteiger partial charge >= 0.3 is 0 Å². The number of likely N-dealkylation sites (N-methyl/N-ethyl adjacent to an activating group) is 1. The number of likely N-dealkylation sites (tertiary alicyclic amines) is 1. The Kier molecular flexibility index (Phi) is 7.60. The minimum absolute atomic E-state index is 0.0278. The van der Waals surface area contributed by atoms with Crippen LogP contribution in [0.2, 0.25) is 0 Å². The van der Waals surface area contributed by atoms with Crippen molar-refractivity contribution in [2.45, 2.75) is 25.3 Å². The minimum Gasteiger partial charge on any atom is -0.330 e. The van der Waals surface area contributed by atoms with E-state index in [1.165, 1.54) is 0 Å². The Bertz CT molecular complexity index is 1390. The smallest absolute Gasteiger partial charge is 0.264 e. The first-order valence-electron chi connectivity index (χ1n) is 13.0. The number of carbonyl (C=O) groups is 2. The quantitative estimate of drug-likeness (QED) is 0.328. The van der Waals surface area contributed by atoms with E-state index in [0.29, 0.717) is 30.3 Å². The molecular weight excluding hydrogens is 492 g/mol. The van der Waals surface area contributed by atoms with Crippen LogP contribution in [0.3, 0.4) is 0 Å². The van der Waals surface area contributed by atoms with Crippen molar-refractivity contribution in [3.05, 3.63) is 95.7 Å². The molecule has 2 unspecified atom stereocenters. The van der Waals surface area contributed by atoms with Crippen LogP contribution in [0.25, 0.3) is 0 Å². The molecule has 39 heavy (non-hydrogen) atoms. The summed E-state index contributed by atoms with van der Waals surface area (Å²) in [6, 6.07) is 12.3. The molecule has 1 fully saturated rings. The molecule has 2 amide bonds. The molecule has 0 aliphatic carbocycles. The van der Waals surface area contributed by atoms with Gasteiger partial charge in [-0.2, -0.15) is 10.8 Å². The molecule has 4 heterocycles. The van der Waals surface area contributed by atoms with Crippen LogP contribution in [0.5, 0.6) is 0 Å². The molecule has 0 radical (unpaired) electrons. The molecule has 1 aromatic carbocycles. The minimum atomic E-state index is -0.256. The lowest BCUT2D eigenvalue weighted by atomic mass is 9.98. The van der Waals surface area contributed by atoms with Gasteiger partial charge in [0.1, 0.15) is 17.7 Å². The number of allylic oxidation sites excluding steroid dienone is 1. The van der Waals surface area contributed by atoms with Crippen molar-refractivity contribution < 1.29 is 14.2 Å². The number of anilines is 1. The molecule has 1 aromatic heterocycles. The van der Waals surface area contributed by atoms with Gasteiger partial charge < -0.3 is 15.1 Å². The third-order valence-corrected chi connectivity index (χ3v) is 6.97. The van der Waals surface area contributed by atoms with E-state index in [0.717, 1.165) is 36.2 Å². The summed E-state index contributed by atoms with van der Waals surface area (Å²) < 4.78 is -0.146. The number of hydrogen-bond acceptors (Lipinski definition) is 7. The predicted molar refractivity (Wildman–Crippen MR) is 151 cm³/mol. The van der Waals surface area contributed by atoms with E-state index in [1.807, 2.05) is 48.2 Å². The summed E-state index contributed by atoms with van der Waals surface area (Å²) in [5.74, 6) is 7.74. The highest BCUT2D eigenvalue weighted by Crippen LogP contribution is 2.36. The van der Waals surface area contributed by atoms with Gasteiger partial charge in [0.05, 0.1) is 24.0 Å². The van der Waals surface area contributed by atoms with Crippen molar-refractivity contribution in [3.8, 4) is 0 Å². The van der Waals surface area contributed by atoms with Crippen LogP contribution in [0, 0.1) is 0 Å². The van der Waals surface area contributed by atoms with Crippen LogP contribution in [-0.4, -0.2) is 76.5 Å². The standard InChI is InChI=1S/C29H32N8O2/c1-35(2)17-7-10-26(38)36-18-6-4-8-23(36)27-24-20-31-16-19-37(24,30)28(34-27)21-11-13-22(14-12-21)29(39)33-25-9-3-5-15-32-25/h3,5,7,9-16,19-20,23H,4,6,8,17-18,30H2,1-2H3/p+1. The second kappa shape index (κ2) is 11.2. The molecule has 5 rings (SSSR count). The molecule has 10 heteroatoms. The summed E-state index contributed by atoms with van der Waals surface area (Å²) in [6.45, 7) is 1.35. The fraction of sp³-hybridized carbons (Fsp3) is 0.276. The maximum atomic E-state index is 13.2. The van der Waals surface area contributed by atoms with Gasteiger partial charge in [-0.1, -0.05) is 12.1 Å². The number of nitrogens with two attached hydrogens (primary N) is 1. The first kappa shape index (κ1) is 26.4. The van der Waals surface area contributed by atoms with Crippen molar-refractivity contribution in [1.82, 2.24) is 14.8 Å². The second-order valence-corrected chi connectivity index (χ2v) is 10.0. The first-order chi connectivity index (χ1) is 18.9. The highest BCUT2D eigenvalue weighted by Gasteiger charge is 2.47. The highest BCUT2D eigenvalue weighted by atomic mass is 16.2. The molecule has 3 aliphatic heterocycles. The number of amides is 2. The topological polar surface area (TPSA) is 116 Å². The summed E-state index contributed by atoms with van der Waals surface area (Å²) in [5.41, 5.74) is 2.77. The van der Waals surface area contributed by atoms with Crippen LogP contribution in [0.1, 0.15) is 35.2 Å². The number of nitrogens with one attached hydrogen (secondary N) is 1. The molecular formula is C29H33N8O2+. The van der Waals surface area contributed by atoms with E-state index < -0.39 is 0 Å². The zero-order chi connectivity index (χ0) is 27.4. The number of hydrogen-bond donors (Lipinski definition) is 2. The molecule has 200 valence electrons. The summed E-state index contributed by atoms with van der Waals surface area (Å²) in [5, 5.41) is 2.79. The highest BCUT2D eigenvalue weighted by molar-refractivity contribution is 6.05. The molecule has 0 spiro atoms. The van der Waals surface area contributed by atoms with E-state index in [9.17, 15) is 9.59 Å². The molecule has 1 saturated heterocycles. The van der Waals surface area contributed by atoms with E-state index in [-0.39, 0.29) is 22.4 Å². The Labute approximate surface area is 228 Å². The number of aliphatic imine (C=N–C) groups is 2. The number of aromatic nitrogens is 1. The number of rotatable bonds is 7. The van der Waals surface area contributed by atoms with Gasteiger partial charge in [0.25, 0.3) is 11.7 Å². The average molecular weight is 526 g/mol. The van der Waals surface area contributed by atoms with Crippen LogP contribution in [0.4, 0.5) is 5.82 Å². The number of pyridine rings is 1. The summed E-state index contributed by atoms with van der Waals surface area (Å²) in [6.07, 6.45) is 13.1. The number of fused-ring (bicyclic) bond motifs is 1. The normalized spacial score (nSPS) is 22.4. The first-order valence-corrected chi connectivity index (χ1v) is 13.0. The van der Waals surface area contributed by atoms with Gasteiger partial charge in [0.2, 0.25) is 11.6 Å². The van der Waals surface area contributed by atoms with Crippen LogP contribution < -0.4 is 11.2 Å². The molecule has 0 saturated carbocycles. The number of nitrogens with zero attached hydrogens (tertiary/aromatic N) is 6. The van der Waals surface area contributed by atoms with E-state index in [1.54, 1.807) is 55.2 Å². The summed E-state index contributed by atoms with van der Waals surface area (Å²) in [7, 11) is 3.93. The molecule has 10 nitrogen and oxygen atoms in total. The second-order valence-electron chi connectivity index (χ2n) is 10.0. The summed E-state index contributed by atoms with van der Waals surface area (Å²) >= 11 is 0. The van der Waals surface area contributed by atoms with Crippen molar-refractivity contribution in [2.24, 2.45) is 15.8 Å². The number of quaternary nitrogens is 1. The van der Waals surface area contributed by atoms with Crippen molar-refractivity contribution in [3.63, 3.8) is 0 Å².